The summed E-state index contributed by atoms with van der Waals surface area (Å²) < 4.78 is 4.63. The molecule has 0 N–H and O–H groups in total. The lowest BCUT2D eigenvalue weighted by molar-refractivity contribution is -0.490. The second-order valence-electron chi connectivity index (χ2n) is 8.15. The van der Waals surface area contributed by atoms with E-state index in [0.29, 0.717) is 0 Å². The highest BCUT2D eigenvalue weighted by Gasteiger charge is 2.36. The molecule has 0 bridgehead atoms. The minimum atomic E-state index is -2.31. The third kappa shape index (κ3) is 4.05. The summed E-state index contributed by atoms with van der Waals surface area (Å²) in [6.45, 7) is 2.92. The number of pyridine rings is 1. The largest absolute Gasteiger partial charge is 0.287 e. The topological polar surface area (TPSA) is 9.03 Å². The van der Waals surface area contributed by atoms with Crippen LogP contribution in [-0.4, -0.2) is 4.57 Å². The molecule has 0 saturated carbocycles. The van der Waals surface area contributed by atoms with Gasteiger partial charge in [0.1, 0.15) is 12.2 Å². The number of imidazole rings is 1. The van der Waals surface area contributed by atoms with Crippen LogP contribution >= 0.6 is 17.6 Å². The van der Waals surface area contributed by atoms with Gasteiger partial charge >= 0.3 is 0 Å². The summed E-state index contributed by atoms with van der Waals surface area (Å²) in [5.74, 6) is 0. The summed E-state index contributed by atoms with van der Waals surface area (Å²) in [4.78, 5) is 0. The molecule has 2 nitrogen and oxygen atoms in total. The van der Waals surface area contributed by atoms with Gasteiger partial charge in [-0.25, -0.2) is 4.57 Å². The van der Waals surface area contributed by atoms with E-state index in [4.69, 9.17) is 23.4 Å². The van der Waals surface area contributed by atoms with E-state index in [1.807, 2.05) is 24.3 Å². The minimum Gasteiger partial charge on any atom is -0.223 e. The number of allylic oxidation sites excluding steroid dienone is 1. The van der Waals surface area contributed by atoms with Gasteiger partial charge in [0, 0.05) is 18.0 Å². The summed E-state index contributed by atoms with van der Waals surface area (Å²) in [7, 11) is 0. The Hall–Kier alpha value is -2.97. The maximum absolute atomic E-state index is 6.68. The van der Waals surface area contributed by atoms with Gasteiger partial charge in [0.15, 0.2) is 5.44 Å². The molecule has 5 heteroatoms. The van der Waals surface area contributed by atoms with Crippen LogP contribution in [0.2, 0.25) is 5.02 Å². The van der Waals surface area contributed by atoms with Gasteiger partial charge in [-0.05, 0) is 34.4 Å². The molecule has 0 aliphatic rings. The Morgan fingerprint density at radius 1 is 0.824 bits per heavy atom. The predicted molar refractivity (Wildman–Crippen MR) is 149 cm³/mol. The molecule has 0 unspecified atom stereocenters. The molecule has 34 heavy (non-hydrogen) atoms. The molecule has 0 radical (unpaired) electrons. The van der Waals surface area contributed by atoms with Gasteiger partial charge in [-0.3, -0.25) is 0 Å². The van der Waals surface area contributed by atoms with Crippen LogP contribution in [0, 0.1) is 6.92 Å². The number of fused-ring (bicyclic) bond motifs is 1. The molecule has 2 heterocycles. The quantitative estimate of drug-likeness (QED) is 0.216. The second-order valence-corrected chi connectivity index (χ2v) is 12.9. The van der Waals surface area contributed by atoms with Crippen LogP contribution in [0.4, 0.5) is 0 Å². The fourth-order valence-electron chi connectivity index (χ4n) is 4.47. The summed E-state index contributed by atoms with van der Waals surface area (Å²) in [6.07, 6.45) is 6.39. The van der Waals surface area contributed by atoms with E-state index in [9.17, 15) is 0 Å². The molecule has 168 valence electrons. The van der Waals surface area contributed by atoms with Gasteiger partial charge in [0.2, 0.25) is 0 Å². The monoisotopic (exact) mass is 499 g/mol. The highest BCUT2D eigenvalue weighted by molar-refractivity contribution is 8.25. The van der Waals surface area contributed by atoms with Crippen molar-refractivity contribution in [1.29, 1.82) is 0 Å². The van der Waals surface area contributed by atoms with Gasteiger partial charge in [-0.2, -0.15) is 4.40 Å². The van der Waals surface area contributed by atoms with Crippen LogP contribution in [0.3, 0.4) is 0 Å². The first-order valence-electron chi connectivity index (χ1n) is 11.2. The van der Waals surface area contributed by atoms with Gasteiger partial charge < -0.3 is 0 Å². The predicted octanol–water partition coefficient (Wildman–Crippen LogP) is 5.66. The van der Waals surface area contributed by atoms with Crippen molar-refractivity contribution < 1.29 is 4.40 Å². The molecule has 0 atom stereocenters. The second kappa shape index (κ2) is 9.72. The number of rotatable bonds is 6. The zero-order chi connectivity index (χ0) is 23.5. The average Bonchev–Trinajstić information content (AvgIpc) is 3.17. The van der Waals surface area contributed by atoms with Crippen LogP contribution in [0.1, 0.15) is 11.3 Å². The first-order chi connectivity index (χ1) is 16.6. The van der Waals surface area contributed by atoms with E-state index in [1.54, 1.807) is 0 Å². The standard InChI is InChI=1S/C29H25ClN2PS/c1-23-29(33(34,25-15-4-2-5-16-25)26-17-6-3-7-18-26)32-21-11-10-20-28(32)31(23)22-12-14-24-13-8-9-19-27(24)30/h2-21H,22H2,1H3/q+1. The molecule has 0 fully saturated rings. The zero-order valence-electron chi connectivity index (χ0n) is 18.9. The van der Waals surface area contributed by atoms with E-state index in [1.165, 1.54) is 21.7 Å². The highest BCUT2D eigenvalue weighted by Crippen LogP contribution is 2.42. The van der Waals surface area contributed by atoms with E-state index < -0.39 is 6.04 Å². The third-order valence-electron chi connectivity index (χ3n) is 6.10. The lowest BCUT2D eigenvalue weighted by Crippen LogP contribution is -2.42. The fourth-order valence-corrected chi connectivity index (χ4v) is 9.08. The number of aromatic nitrogens is 2. The maximum atomic E-state index is 6.68. The Bertz CT molecular complexity index is 1480. The summed E-state index contributed by atoms with van der Waals surface area (Å²) in [6, 6.07) is 33.1. The van der Waals surface area contributed by atoms with Gasteiger partial charge in [-0.15, -0.1) is 0 Å². The molecule has 5 rings (SSSR count). The fraction of sp³-hybridized carbons (Fsp3) is 0.0690. The number of hydrogen-bond donors (Lipinski definition) is 0. The molecule has 0 spiro atoms. The SMILES string of the molecule is Cc1c(P(=S)(c2ccccc2)c2ccccc2)[n+]2ccccc2n1CC=Cc1ccccc1Cl. The van der Waals surface area contributed by atoms with Crippen LogP contribution in [0.15, 0.2) is 115 Å². The molecule has 3 aromatic carbocycles. The summed E-state index contributed by atoms with van der Waals surface area (Å²) in [5.41, 5.74) is 4.53. The van der Waals surface area contributed by atoms with Crippen molar-refractivity contribution in [3.63, 3.8) is 0 Å². The van der Waals surface area contributed by atoms with Gasteiger partial charge in [0.05, 0.1) is 12.2 Å². The van der Waals surface area contributed by atoms with Crippen LogP contribution in [0.5, 0.6) is 0 Å². The normalized spacial score (nSPS) is 11.9. The highest BCUT2D eigenvalue weighted by atomic mass is 35.5. The lowest BCUT2D eigenvalue weighted by Gasteiger charge is -2.21. The number of hydrogen-bond acceptors (Lipinski definition) is 1. The number of halogens is 1. The molecule has 0 aliphatic heterocycles. The van der Waals surface area contributed by atoms with E-state index in [0.717, 1.165) is 22.8 Å². The minimum absolute atomic E-state index is 0.726. The van der Waals surface area contributed by atoms with Crippen molar-refractivity contribution in [1.82, 2.24) is 4.57 Å². The van der Waals surface area contributed by atoms with E-state index >= 15 is 0 Å². The van der Waals surface area contributed by atoms with Crippen molar-refractivity contribution in [3.05, 3.63) is 132 Å². The Morgan fingerprint density at radius 2 is 1.41 bits per heavy atom. The van der Waals surface area contributed by atoms with Crippen LogP contribution in [-0.2, 0) is 18.4 Å². The zero-order valence-corrected chi connectivity index (χ0v) is 21.3. The molecular formula is C29H25ClN2PS+. The van der Waals surface area contributed by atoms with Crippen molar-refractivity contribution in [2.24, 2.45) is 0 Å². The van der Waals surface area contributed by atoms with E-state index in [2.05, 4.69) is 113 Å². The summed E-state index contributed by atoms with van der Waals surface area (Å²) in [5, 5.41) is 3.15. The molecule has 0 saturated heterocycles. The first kappa shape index (κ1) is 22.8. The summed E-state index contributed by atoms with van der Waals surface area (Å²) >= 11 is 13.0. The molecule has 0 aliphatic carbocycles. The number of benzene rings is 3. The molecule has 2 aromatic heterocycles. The van der Waals surface area contributed by atoms with Crippen LogP contribution < -0.4 is 20.4 Å². The Kier molecular flexibility index (Phi) is 6.52. The van der Waals surface area contributed by atoms with Crippen molar-refractivity contribution in [3.8, 4) is 0 Å². The van der Waals surface area contributed by atoms with Crippen LogP contribution in [0.25, 0.3) is 11.7 Å². The first-order valence-corrected chi connectivity index (χ1v) is 14.4. The number of nitrogens with zero attached hydrogens (tertiary/aromatic N) is 2. The van der Waals surface area contributed by atoms with Crippen molar-refractivity contribution >= 4 is 57.2 Å². The van der Waals surface area contributed by atoms with E-state index in [-0.39, 0.29) is 0 Å². The molecule has 0 amide bonds. The molecular weight excluding hydrogens is 475 g/mol. The van der Waals surface area contributed by atoms with Crippen molar-refractivity contribution in [2.75, 3.05) is 0 Å². The van der Waals surface area contributed by atoms with Gasteiger partial charge in [-0.1, -0.05) is 114 Å². The smallest absolute Gasteiger partial charge is 0.223 e. The lowest BCUT2D eigenvalue weighted by atomic mass is 10.2. The Balaban J connectivity index is 1.70. The third-order valence-corrected chi connectivity index (χ3v) is 11.4. The molecule has 5 aromatic rings. The average molecular weight is 500 g/mol. The van der Waals surface area contributed by atoms with Crippen molar-refractivity contribution in [2.45, 2.75) is 13.5 Å². The Morgan fingerprint density at radius 3 is 2.06 bits per heavy atom. The Labute approximate surface area is 210 Å². The maximum Gasteiger partial charge on any atom is 0.287 e. The van der Waals surface area contributed by atoms with Gasteiger partial charge in [0.25, 0.3) is 5.65 Å².